The molecule has 4 heterocycles. The highest BCUT2D eigenvalue weighted by molar-refractivity contribution is 5.82. The van der Waals surface area contributed by atoms with Gasteiger partial charge in [-0.15, -0.1) is 0 Å². The molecule has 3 aromatic rings. The summed E-state index contributed by atoms with van der Waals surface area (Å²) in [5.41, 5.74) is 3.07. The zero-order chi connectivity index (χ0) is 23.4. The molecule has 3 aromatic heterocycles. The van der Waals surface area contributed by atoms with Crippen LogP contribution in [-0.4, -0.2) is 62.3 Å². The van der Waals surface area contributed by atoms with E-state index in [0.29, 0.717) is 23.2 Å². The van der Waals surface area contributed by atoms with E-state index in [1.165, 1.54) is 6.33 Å². The smallest absolute Gasteiger partial charge is 0.258 e. The monoisotopic (exact) mass is 449 g/mol. The van der Waals surface area contributed by atoms with Gasteiger partial charge in [0.1, 0.15) is 11.8 Å². The molecule has 174 valence electrons. The van der Waals surface area contributed by atoms with Crippen LogP contribution < -0.4 is 21.3 Å². The number of aromatic amines is 1. The van der Waals surface area contributed by atoms with Crippen molar-refractivity contribution in [1.29, 1.82) is 0 Å². The fourth-order valence-electron chi connectivity index (χ4n) is 4.28. The first kappa shape index (κ1) is 22.9. The molecule has 0 aromatic carbocycles. The first-order chi connectivity index (χ1) is 16.0. The number of nitrogens with zero attached hydrogens (tertiary/aromatic N) is 5. The Labute approximate surface area is 192 Å². The molecule has 1 saturated heterocycles. The second-order valence-electron chi connectivity index (χ2n) is 8.25. The van der Waals surface area contributed by atoms with E-state index in [1.807, 2.05) is 43.6 Å². The van der Waals surface area contributed by atoms with Crippen LogP contribution in [0.1, 0.15) is 32.5 Å². The molecule has 0 radical (unpaired) electrons. The van der Waals surface area contributed by atoms with Crippen LogP contribution in [0, 0.1) is 0 Å². The molecule has 33 heavy (non-hydrogen) atoms. The topological polar surface area (TPSA) is 101 Å². The van der Waals surface area contributed by atoms with Gasteiger partial charge in [0.2, 0.25) is 0 Å². The highest BCUT2D eigenvalue weighted by Crippen LogP contribution is 2.20. The van der Waals surface area contributed by atoms with Crippen molar-refractivity contribution in [3.63, 3.8) is 0 Å². The molecular formula is C24H31N7O2. The van der Waals surface area contributed by atoms with Gasteiger partial charge in [0.15, 0.2) is 11.5 Å². The fraction of sp³-hybridized carbons (Fsp3) is 0.417. The molecule has 4 rings (SSSR count). The van der Waals surface area contributed by atoms with Crippen molar-refractivity contribution in [3.05, 3.63) is 57.4 Å². The van der Waals surface area contributed by atoms with Crippen LogP contribution in [0.5, 0.6) is 0 Å². The number of pyridine rings is 1. The molecule has 1 unspecified atom stereocenters. The molecule has 1 atom stereocenters. The molecular weight excluding hydrogens is 418 g/mol. The minimum atomic E-state index is -0.194. The van der Waals surface area contributed by atoms with Crippen molar-refractivity contribution in [2.75, 3.05) is 38.2 Å². The molecule has 9 heteroatoms. The van der Waals surface area contributed by atoms with Crippen LogP contribution in [0.4, 0.5) is 5.82 Å². The molecule has 1 fully saturated rings. The van der Waals surface area contributed by atoms with E-state index in [-0.39, 0.29) is 11.6 Å². The number of H-pyrrole nitrogens is 1. The standard InChI is InChI=1S/C24H31N7O2/c1-5-6-16(2)20-17(3)13-19(31(24(20)32)8-7-30-9-11-33-12-10-30)18(4)29-23-21-22(26-14-25-21)27-15-28-23/h5-6,13-15,18H,3,7-12H2,1-2,4H3,(H2,25,26,27,28,29)/b6-5-,20-16+. The van der Waals surface area contributed by atoms with E-state index >= 15 is 0 Å². The maximum absolute atomic E-state index is 13.7. The molecule has 0 aliphatic carbocycles. The number of hydrogen-bond donors (Lipinski definition) is 2. The number of aromatic nitrogens is 5. The Kier molecular flexibility index (Phi) is 7.00. The fourth-order valence-corrected chi connectivity index (χ4v) is 4.28. The highest BCUT2D eigenvalue weighted by atomic mass is 16.5. The second kappa shape index (κ2) is 10.1. The lowest BCUT2D eigenvalue weighted by molar-refractivity contribution is 0.0361. The number of hydrogen-bond acceptors (Lipinski definition) is 7. The third-order valence-corrected chi connectivity index (χ3v) is 5.99. The first-order valence-corrected chi connectivity index (χ1v) is 11.3. The van der Waals surface area contributed by atoms with Crippen molar-refractivity contribution < 1.29 is 4.74 Å². The molecule has 0 bridgehead atoms. The van der Waals surface area contributed by atoms with Gasteiger partial charge in [0.05, 0.1) is 25.6 Å². The van der Waals surface area contributed by atoms with E-state index in [9.17, 15) is 4.79 Å². The Morgan fingerprint density at radius 2 is 2.09 bits per heavy atom. The van der Waals surface area contributed by atoms with Crippen molar-refractivity contribution >= 4 is 29.1 Å². The number of imidazole rings is 1. The summed E-state index contributed by atoms with van der Waals surface area (Å²) in [7, 11) is 0. The number of anilines is 1. The van der Waals surface area contributed by atoms with E-state index in [0.717, 1.165) is 54.9 Å². The van der Waals surface area contributed by atoms with Gasteiger partial charge in [-0.3, -0.25) is 9.69 Å². The quantitative estimate of drug-likeness (QED) is 0.559. The maximum Gasteiger partial charge on any atom is 0.258 e. The summed E-state index contributed by atoms with van der Waals surface area (Å²) in [4.78, 5) is 31.8. The van der Waals surface area contributed by atoms with E-state index < -0.39 is 0 Å². The van der Waals surface area contributed by atoms with Crippen LogP contribution in [0.25, 0.3) is 23.3 Å². The lowest BCUT2D eigenvalue weighted by Crippen LogP contribution is -2.49. The zero-order valence-corrected chi connectivity index (χ0v) is 19.5. The summed E-state index contributed by atoms with van der Waals surface area (Å²) in [6.45, 7) is 14.7. The lowest BCUT2D eigenvalue weighted by atomic mass is 10.1. The summed E-state index contributed by atoms with van der Waals surface area (Å²) in [5.74, 6) is 0.642. The van der Waals surface area contributed by atoms with Crippen molar-refractivity contribution in [2.45, 2.75) is 33.4 Å². The van der Waals surface area contributed by atoms with Gasteiger partial charge >= 0.3 is 0 Å². The van der Waals surface area contributed by atoms with Crippen LogP contribution in [0.2, 0.25) is 0 Å². The van der Waals surface area contributed by atoms with Crippen LogP contribution in [-0.2, 0) is 11.3 Å². The Balaban J connectivity index is 1.75. The number of ether oxygens (including phenoxy) is 1. The SMILES string of the molecule is C=c1cc(C(C)Nc2ncnc3nc[nH]c23)n(CCN2CCOCC2)c(=O)/c1=C(C)/C=C\C. The van der Waals surface area contributed by atoms with Gasteiger partial charge in [-0.05, 0) is 37.6 Å². The van der Waals surface area contributed by atoms with E-state index in [4.69, 9.17) is 4.74 Å². The maximum atomic E-state index is 13.7. The van der Waals surface area contributed by atoms with Crippen LogP contribution in [0.15, 0.2) is 35.7 Å². The predicted molar refractivity (Wildman–Crippen MR) is 130 cm³/mol. The number of rotatable bonds is 7. The van der Waals surface area contributed by atoms with Gasteiger partial charge in [0, 0.05) is 37.1 Å². The second-order valence-corrected chi connectivity index (χ2v) is 8.25. The third-order valence-electron chi connectivity index (χ3n) is 5.99. The summed E-state index contributed by atoms with van der Waals surface area (Å²) in [5, 5.41) is 4.80. The Morgan fingerprint density at radius 1 is 1.30 bits per heavy atom. The summed E-state index contributed by atoms with van der Waals surface area (Å²) < 4.78 is 7.34. The van der Waals surface area contributed by atoms with Crippen molar-refractivity contribution in [3.8, 4) is 0 Å². The van der Waals surface area contributed by atoms with Gasteiger partial charge < -0.3 is 19.6 Å². The van der Waals surface area contributed by atoms with Crippen molar-refractivity contribution in [1.82, 2.24) is 29.4 Å². The number of fused-ring (bicyclic) bond motifs is 1. The third kappa shape index (κ3) is 4.89. The normalized spacial score (nSPS) is 16.9. The predicted octanol–water partition coefficient (Wildman–Crippen LogP) is 1.18. The minimum Gasteiger partial charge on any atom is -0.379 e. The number of allylic oxidation sites excluding steroid dienone is 2. The average Bonchev–Trinajstić information content (AvgIpc) is 3.29. The number of morpholine rings is 1. The summed E-state index contributed by atoms with van der Waals surface area (Å²) in [6.07, 6.45) is 6.97. The zero-order valence-electron chi connectivity index (χ0n) is 19.5. The molecule has 1 aliphatic heterocycles. The largest absolute Gasteiger partial charge is 0.379 e. The minimum absolute atomic E-state index is 0.0237. The Hall–Kier alpha value is -3.30. The first-order valence-electron chi connectivity index (χ1n) is 11.3. The van der Waals surface area contributed by atoms with E-state index in [2.05, 4.69) is 36.7 Å². The van der Waals surface area contributed by atoms with Crippen LogP contribution >= 0.6 is 0 Å². The molecule has 0 amide bonds. The summed E-state index contributed by atoms with van der Waals surface area (Å²) in [6, 6.07) is 1.81. The lowest BCUT2D eigenvalue weighted by Gasteiger charge is -2.28. The Morgan fingerprint density at radius 3 is 2.85 bits per heavy atom. The molecule has 0 saturated carbocycles. The summed E-state index contributed by atoms with van der Waals surface area (Å²) >= 11 is 0. The molecule has 2 N–H and O–H groups in total. The van der Waals surface area contributed by atoms with Gasteiger partial charge in [-0.2, -0.15) is 0 Å². The Bertz CT molecular complexity index is 1320. The van der Waals surface area contributed by atoms with Gasteiger partial charge in [-0.1, -0.05) is 18.7 Å². The molecule has 0 spiro atoms. The van der Waals surface area contributed by atoms with Gasteiger partial charge in [0.25, 0.3) is 5.56 Å². The van der Waals surface area contributed by atoms with Gasteiger partial charge in [-0.25, -0.2) is 15.0 Å². The average molecular weight is 450 g/mol. The molecule has 1 aliphatic rings. The molecule has 9 nitrogen and oxygen atoms in total. The number of nitrogens with one attached hydrogen (secondary N) is 2. The van der Waals surface area contributed by atoms with Crippen LogP contribution in [0.3, 0.4) is 0 Å². The highest BCUT2D eigenvalue weighted by Gasteiger charge is 2.18. The van der Waals surface area contributed by atoms with E-state index in [1.54, 1.807) is 6.33 Å². The van der Waals surface area contributed by atoms with Crippen molar-refractivity contribution in [2.24, 2.45) is 0 Å².